The second-order valence-corrected chi connectivity index (χ2v) is 3.60. The van der Waals surface area contributed by atoms with Crippen LogP contribution >= 0.6 is 12.2 Å². The zero-order valence-electron chi connectivity index (χ0n) is 9.04. The Balaban J connectivity index is 2.41. The van der Waals surface area contributed by atoms with Gasteiger partial charge in [-0.3, -0.25) is 0 Å². The first-order valence-corrected chi connectivity index (χ1v) is 5.24. The third-order valence-corrected chi connectivity index (χ3v) is 2.23. The second-order valence-electron chi connectivity index (χ2n) is 3.19. The maximum absolute atomic E-state index is 5.13. The van der Waals surface area contributed by atoms with E-state index in [-0.39, 0.29) is 0 Å². The standard InChI is InChI=1S/C11H16N2OS/c1-9-5-3-4-6-10(9)13-11(15)12-7-8-14-2/h3-6H,7-8H2,1-2H3,(H2,12,13,15). The van der Waals surface area contributed by atoms with Crippen LogP contribution in [-0.4, -0.2) is 25.4 Å². The van der Waals surface area contributed by atoms with Crippen LogP contribution in [0.1, 0.15) is 5.56 Å². The van der Waals surface area contributed by atoms with Crippen molar-refractivity contribution >= 4 is 23.0 Å². The number of anilines is 1. The molecule has 4 heteroatoms. The minimum Gasteiger partial charge on any atom is -0.383 e. The lowest BCUT2D eigenvalue weighted by Crippen LogP contribution is -2.31. The maximum Gasteiger partial charge on any atom is 0.170 e. The molecule has 0 aromatic heterocycles. The van der Waals surface area contributed by atoms with Crippen molar-refractivity contribution < 1.29 is 4.74 Å². The molecular weight excluding hydrogens is 208 g/mol. The first-order valence-electron chi connectivity index (χ1n) is 4.83. The number of rotatable bonds is 4. The van der Waals surface area contributed by atoms with Gasteiger partial charge < -0.3 is 15.4 Å². The highest BCUT2D eigenvalue weighted by atomic mass is 32.1. The third kappa shape index (κ3) is 4.27. The summed E-state index contributed by atoms with van der Waals surface area (Å²) in [6.07, 6.45) is 0. The molecule has 0 heterocycles. The van der Waals surface area contributed by atoms with Gasteiger partial charge in [-0.2, -0.15) is 0 Å². The van der Waals surface area contributed by atoms with Gasteiger partial charge in [-0.1, -0.05) is 18.2 Å². The number of hydrogen-bond donors (Lipinski definition) is 2. The quantitative estimate of drug-likeness (QED) is 0.605. The van der Waals surface area contributed by atoms with Gasteiger partial charge in [0.1, 0.15) is 0 Å². The molecule has 0 aliphatic heterocycles. The van der Waals surface area contributed by atoms with Crippen molar-refractivity contribution in [1.29, 1.82) is 0 Å². The fraction of sp³-hybridized carbons (Fsp3) is 0.364. The molecule has 0 saturated carbocycles. The number of hydrogen-bond acceptors (Lipinski definition) is 2. The molecule has 2 N–H and O–H groups in total. The lowest BCUT2D eigenvalue weighted by molar-refractivity contribution is 0.204. The predicted octanol–water partition coefficient (Wildman–Crippen LogP) is 1.93. The molecular formula is C11H16N2OS. The molecule has 0 aliphatic rings. The Bertz CT molecular complexity index is 328. The normalized spacial score (nSPS) is 9.73. The summed E-state index contributed by atoms with van der Waals surface area (Å²) in [5.74, 6) is 0. The van der Waals surface area contributed by atoms with E-state index in [9.17, 15) is 0 Å². The summed E-state index contributed by atoms with van der Waals surface area (Å²) in [6, 6.07) is 8.02. The van der Waals surface area contributed by atoms with Crippen LogP contribution in [0, 0.1) is 6.92 Å². The molecule has 15 heavy (non-hydrogen) atoms. The highest BCUT2D eigenvalue weighted by Gasteiger charge is 1.98. The largest absolute Gasteiger partial charge is 0.383 e. The highest BCUT2D eigenvalue weighted by Crippen LogP contribution is 2.12. The van der Waals surface area contributed by atoms with Crippen LogP contribution in [0.15, 0.2) is 24.3 Å². The molecule has 0 spiro atoms. The van der Waals surface area contributed by atoms with Crippen molar-refractivity contribution in [2.75, 3.05) is 25.6 Å². The van der Waals surface area contributed by atoms with Gasteiger partial charge in [0, 0.05) is 19.3 Å². The molecule has 3 nitrogen and oxygen atoms in total. The Kier molecular flexibility index (Phi) is 5.07. The van der Waals surface area contributed by atoms with Crippen LogP contribution in [0.2, 0.25) is 0 Å². The van der Waals surface area contributed by atoms with Gasteiger partial charge in [0.15, 0.2) is 5.11 Å². The van der Waals surface area contributed by atoms with Crippen LogP contribution < -0.4 is 10.6 Å². The highest BCUT2D eigenvalue weighted by molar-refractivity contribution is 7.80. The Morgan fingerprint density at radius 1 is 1.40 bits per heavy atom. The lowest BCUT2D eigenvalue weighted by Gasteiger charge is -2.11. The molecule has 1 aromatic rings. The Hall–Kier alpha value is -1.13. The van der Waals surface area contributed by atoms with Gasteiger partial charge >= 0.3 is 0 Å². The van der Waals surface area contributed by atoms with E-state index in [1.807, 2.05) is 31.2 Å². The van der Waals surface area contributed by atoms with Crippen LogP contribution in [0.3, 0.4) is 0 Å². The maximum atomic E-state index is 5.13. The van der Waals surface area contributed by atoms with E-state index >= 15 is 0 Å². The summed E-state index contributed by atoms with van der Waals surface area (Å²) in [7, 11) is 1.67. The van der Waals surface area contributed by atoms with E-state index < -0.39 is 0 Å². The zero-order chi connectivity index (χ0) is 11.1. The number of ether oxygens (including phenoxy) is 1. The SMILES string of the molecule is COCCNC(=S)Nc1ccccc1C. The molecule has 0 bridgehead atoms. The Morgan fingerprint density at radius 3 is 2.80 bits per heavy atom. The number of para-hydroxylation sites is 1. The van der Waals surface area contributed by atoms with E-state index in [0.29, 0.717) is 18.3 Å². The smallest absolute Gasteiger partial charge is 0.170 e. The van der Waals surface area contributed by atoms with E-state index in [4.69, 9.17) is 17.0 Å². The molecule has 1 aromatic carbocycles. The zero-order valence-corrected chi connectivity index (χ0v) is 9.86. The second kappa shape index (κ2) is 6.37. The first-order chi connectivity index (χ1) is 7.24. The molecule has 0 aliphatic carbocycles. The summed E-state index contributed by atoms with van der Waals surface area (Å²) in [6.45, 7) is 3.41. The summed E-state index contributed by atoms with van der Waals surface area (Å²) in [4.78, 5) is 0. The lowest BCUT2D eigenvalue weighted by atomic mass is 10.2. The predicted molar refractivity (Wildman–Crippen MR) is 67.3 cm³/mol. The summed E-state index contributed by atoms with van der Waals surface area (Å²) >= 11 is 5.13. The van der Waals surface area contributed by atoms with Crippen LogP contribution in [0.25, 0.3) is 0 Å². The van der Waals surface area contributed by atoms with Crippen molar-refractivity contribution in [3.05, 3.63) is 29.8 Å². The number of benzene rings is 1. The van der Waals surface area contributed by atoms with Gasteiger partial charge in [-0.15, -0.1) is 0 Å². The molecule has 0 unspecified atom stereocenters. The number of methoxy groups -OCH3 is 1. The third-order valence-electron chi connectivity index (χ3n) is 1.99. The Labute approximate surface area is 95.8 Å². The molecule has 1 rings (SSSR count). The average molecular weight is 224 g/mol. The topological polar surface area (TPSA) is 33.3 Å². The number of thiocarbonyl (C=S) groups is 1. The van der Waals surface area contributed by atoms with E-state index in [2.05, 4.69) is 10.6 Å². The summed E-state index contributed by atoms with van der Waals surface area (Å²) in [5.41, 5.74) is 2.21. The molecule has 0 atom stereocenters. The monoisotopic (exact) mass is 224 g/mol. The van der Waals surface area contributed by atoms with Crippen molar-refractivity contribution in [1.82, 2.24) is 5.32 Å². The van der Waals surface area contributed by atoms with E-state index in [0.717, 1.165) is 5.69 Å². The first kappa shape index (κ1) is 11.9. The van der Waals surface area contributed by atoms with Crippen molar-refractivity contribution in [2.24, 2.45) is 0 Å². The molecule has 0 saturated heterocycles. The van der Waals surface area contributed by atoms with Gasteiger partial charge in [-0.25, -0.2) is 0 Å². The van der Waals surface area contributed by atoms with Crippen LogP contribution in [0.4, 0.5) is 5.69 Å². The minimum atomic E-state index is 0.626. The fourth-order valence-corrected chi connectivity index (χ4v) is 1.36. The van der Waals surface area contributed by atoms with Crippen LogP contribution in [0.5, 0.6) is 0 Å². The molecule has 82 valence electrons. The van der Waals surface area contributed by atoms with Gasteiger partial charge in [-0.05, 0) is 30.8 Å². The van der Waals surface area contributed by atoms with Crippen molar-refractivity contribution in [2.45, 2.75) is 6.92 Å². The van der Waals surface area contributed by atoms with Crippen LogP contribution in [-0.2, 0) is 4.74 Å². The number of aryl methyl sites for hydroxylation is 1. The van der Waals surface area contributed by atoms with Crippen molar-refractivity contribution in [3.8, 4) is 0 Å². The van der Waals surface area contributed by atoms with Gasteiger partial charge in [0.05, 0.1) is 6.61 Å². The van der Waals surface area contributed by atoms with E-state index in [1.54, 1.807) is 7.11 Å². The molecule has 0 amide bonds. The van der Waals surface area contributed by atoms with Crippen molar-refractivity contribution in [3.63, 3.8) is 0 Å². The van der Waals surface area contributed by atoms with Gasteiger partial charge in [0.25, 0.3) is 0 Å². The van der Waals surface area contributed by atoms with E-state index in [1.165, 1.54) is 5.56 Å². The Morgan fingerprint density at radius 2 is 2.13 bits per heavy atom. The summed E-state index contributed by atoms with van der Waals surface area (Å²) < 4.78 is 4.92. The average Bonchev–Trinajstić information content (AvgIpc) is 2.22. The van der Waals surface area contributed by atoms with Gasteiger partial charge in [0.2, 0.25) is 0 Å². The molecule has 0 radical (unpaired) electrons. The molecule has 0 fully saturated rings. The minimum absolute atomic E-state index is 0.626. The summed E-state index contributed by atoms with van der Waals surface area (Å²) in [5, 5.41) is 6.81. The fourth-order valence-electron chi connectivity index (χ4n) is 1.15. The number of nitrogens with one attached hydrogen (secondary N) is 2.